The summed E-state index contributed by atoms with van der Waals surface area (Å²) >= 11 is 11.7. The maximum atomic E-state index is 11.4. The van der Waals surface area contributed by atoms with Crippen LogP contribution >= 0.6 is 23.2 Å². The number of aromatic nitrogens is 2. The van der Waals surface area contributed by atoms with E-state index in [-0.39, 0.29) is 17.6 Å². The Labute approximate surface area is 164 Å². The lowest BCUT2D eigenvalue weighted by Crippen LogP contribution is -2.10. The number of nitrogens with one attached hydrogen (secondary N) is 2. The van der Waals surface area contributed by atoms with E-state index in [1.165, 1.54) is 0 Å². The minimum Gasteiger partial charge on any atom is -0.378 e. The Balaban J connectivity index is 1.86. The first-order chi connectivity index (χ1) is 12.9. The highest BCUT2D eigenvalue weighted by Gasteiger charge is 2.23. The van der Waals surface area contributed by atoms with E-state index in [9.17, 15) is 10.1 Å². The smallest absolute Gasteiger partial charge is 0.353 e. The van der Waals surface area contributed by atoms with Gasteiger partial charge in [-0.3, -0.25) is 10.1 Å². The van der Waals surface area contributed by atoms with E-state index in [1.54, 1.807) is 36.4 Å². The number of rotatable bonds is 6. The van der Waals surface area contributed by atoms with Gasteiger partial charge in [0.05, 0.1) is 4.92 Å². The van der Waals surface area contributed by atoms with Gasteiger partial charge in [0.25, 0.3) is 0 Å². The molecule has 0 fully saturated rings. The number of hydrogen-bond acceptors (Lipinski definition) is 7. The average Bonchev–Trinajstić information content (AvgIpc) is 2.62. The van der Waals surface area contributed by atoms with Crippen molar-refractivity contribution in [3.8, 4) is 0 Å². The van der Waals surface area contributed by atoms with Crippen molar-refractivity contribution in [2.75, 3.05) is 16.4 Å². The van der Waals surface area contributed by atoms with E-state index in [2.05, 4.69) is 20.6 Å². The molecule has 1 aromatic heterocycles. The van der Waals surface area contributed by atoms with Crippen molar-refractivity contribution in [3.63, 3.8) is 0 Å². The summed E-state index contributed by atoms with van der Waals surface area (Å²) in [6.45, 7) is 0.398. The minimum absolute atomic E-state index is 0.0200. The predicted octanol–water partition coefficient (Wildman–Crippen LogP) is 4.63. The van der Waals surface area contributed by atoms with E-state index in [0.717, 1.165) is 5.56 Å². The second-order valence-corrected chi connectivity index (χ2v) is 6.37. The third-order valence-corrected chi connectivity index (χ3v) is 4.07. The van der Waals surface area contributed by atoms with Crippen LogP contribution in [0.4, 0.5) is 29.0 Å². The molecular weight excluding hydrogens is 391 g/mol. The Kier molecular flexibility index (Phi) is 5.58. The molecular formula is C17H14Cl2N6O2. The number of nitrogens with two attached hydrogens (primary N) is 1. The van der Waals surface area contributed by atoms with Gasteiger partial charge in [-0.2, -0.15) is 9.97 Å². The topological polar surface area (TPSA) is 119 Å². The van der Waals surface area contributed by atoms with Crippen LogP contribution in [-0.4, -0.2) is 14.9 Å². The number of benzene rings is 2. The summed E-state index contributed by atoms with van der Waals surface area (Å²) in [6.07, 6.45) is 0. The van der Waals surface area contributed by atoms with E-state index in [4.69, 9.17) is 28.9 Å². The first kappa shape index (κ1) is 18.7. The second-order valence-electron chi connectivity index (χ2n) is 5.50. The number of anilines is 4. The number of nitro groups is 1. The lowest BCUT2D eigenvalue weighted by atomic mass is 10.2. The van der Waals surface area contributed by atoms with Gasteiger partial charge in [-0.25, -0.2) is 0 Å². The molecule has 0 aliphatic carbocycles. The minimum atomic E-state index is -0.628. The SMILES string of the molecule is Nc1nc(NCc2ccc(Cl)cc2)nc(Nc2ccc(Cl)cc2)c1[N+](=O)[O-]. The van der Waals surface area contributed by atoms with E-state index in [0.29, 0.717) is 22.3 Å². The molecule has 0 bridgehead atoms. The fourth-order valence-corrected chi connectivity index (χ4v) is 2.52. The summed E-state index contributed by atoms with van der Waals surface area (Å²) in [7, 11) is 0. The Morgan fingerprint density at radius 1 is 1.00 bits per heavy atom. The molecule has 0 amide bonds. The monoisotopic (exact) mass is 404 g/mol. The van der Waals surface area contributed by atoms with Crippen LogP contribution in [0.3, 0.4) is 0 Å². The van der Waals surface area contributed by atoms with E-state index >= 15 is 0 Å². The van der Waals surface area contributed by atoms with E-state index < -0.39 is 10.6 Å². The van der Waals surface area contributed by atoms with Crippen LogP contribution < -0.4 is 16.4 Å². The fourth-order valence-electron chi connectivity index (χ4n) is 2.27. The van der Waals surface area contributed by atoms with Crippen molar-refractivity contribution in [2.24, 2.45) is 0 Å². The van der Waals surface area contributed by atoms with Gasteiger partial charge in [-0.15, -0.1) is 0 Å². The lowest BCUT2D eigenvalue weighted by Gasteiger charge is -2.11. The largest absolute Gasteiger partial charge is 0.378 e. The fraction of sp³-hybridized carbons (Fsp3) is 0.0588. The zero-order valence-electron chi connectivity index (χ0n) is 13.8. The molecule has 1 heterocycles. The summed E-state index contributed by atoms with van der Waals surface area (Å²) in [4.78, 5) is 18.9. The third-order valence-electron chi connectivity index (χ3n) is 3.56. The Bertz CT molecular complexity index is 964. The third kappa shape index (κ3) is 4.75. The Hall–Kier alpha value is -3.10. The van der Waals surface area contributed by atoms with E-state index in [1.807, 2.05) is 12.1 Å². The summed E-state index contributed by atoms with van der Waals surface area (Å²) in [6, 6.07) is 13.9. The molecule has 0 spiro atoms. The molecule has 27 heavy (non-hydrogen) atoms. The maximum Gasteiger partial charge on any atom is 0.353 e. The van der Waals surface area contributed by atoms with Crippen molar-refractivity contribution in [1.82, 2.24) is 9.97 Å². The van der Waals surface area contributed by atoms with Crippen LogP contribution in [0.2, 0.25) is 10.0 Å². The molecule has 0 aliphatic heterocycles. The number of hydrogen-bond donors (Lipinski definition) is 3. The summed E-state index contributed by atoms with van der Waals surface area (Å²) in [5, 5.41) is 18.4. The first-order valence-electron chi connectivity index (χ1n) is 7.75. The molecule has 4 N–H and O–H groups in total. The zero-order chi connectivity index (χ0) is 19.4. The number of nitrogen functional groups attached to an aromatic ring is 1. The van der Waals surface area contributed by atoms with Crippen LogP contribution in [0.25, 0.3) is 0 Å². The summed E-state index contributed by atoms with van der Waals surface area (Å²) < 4.78 is 0. The summed E-state index contributed by atoms with van der Waals surface area (Å²) in [5.74, 6) is -0.108. The molecule has 0 atom stereocenters. The van der Waals surface area contributed by atoms with Gasteiger partial charge in [0.2, 0.25) is 17.6 Å². The molecule has 2 aromatic carbocycles. The zero-order valence-corrected chi connectivity index (χ0v) is 15.3. The normalized spacial score (nSPS) is 10.4. The van der Waals surface area contributed by atoms with Gasteiger partial charge < -0.3 is 16.4 Å². The Morgan fingerprint density at radius 2 is 1.59 bits per heavy atom. The molecule has 0 saturated heterocycles. The maximum absolute atomic E-state index is 11.4. The standard InChI is InChI=1S/C17H14Cl2N6O2/c18-11-3-1-10(2-4-11)9-21-17-23-15(20)14(25(26)27)16(24-17)22-13-7-5-12(19)6-8-13/h1-8H,9H2,(H4,20,21,22,23,24). The van der Waals surface area contributed by atoms with Crippen molar-refractivity contribution < 1.29 is 4.92 Å². The molecule has 0 aliphatic rings. The van der Waals surface area contributed by atoms with Gasteiger partial charge in [-0.05, 0) is 42.0 Å². The van der Waals surface area contributed by atoms with Gasteiger partial charge >= 0.3 is 5.69 Å². The van der Waals surface area contributed by atoms with Crippen molar-refractivity contribution in [1.29, 1.82) is 0 Å². The molecule has 8 nitrogen and oxygen atoms in total. The highest BCUT2D eigenvalue weighted by Crippen LogP contribution is 2.31. The highest BCUT2D eigenvalue weighted by atomic mass is 35.5. The van der Waals surface area contributed by atoms with Crippen molar-refractivity contribution >= 4 is 52.2 Å². The van der Waals surface area contributed by atoms with Gasteiger partial charge in [0, 0.05) is 22.3 Å². The second kappa shape index (κ2) is 8.07. The quantitative estimate of drug-likeness (QED) is 0.404. The summed E-state index contributed by atoms with van der Waals surface area (Å²) in [5.41, 5.74) is 6.89. The number of nitrogens with zero attached hydrogens (tertiary/aromatic N) is 3. The van der Waals surface area contributed by atoms with Crippen molar-refractivity contribution in [2.45, 2.75) is 6.54 Å². The van der Waals surface area contributed by atoms with Crippen LogP contribution in [0.5, 0.6) is 0 Å². The van der Waals surface area contributed by atoms with Crippen LogP contribution in [-0.2, 0) is 6.54 Å². The molecule has 0 saturated carbocycles. The predicted molar refractivity (Wildman–Crippen MR) is 107 cm³/mol. The van der Waals surface area contributed by atoms with Crippen molar-refractivity contribution in [3.05, 3.63) is 74.3 Å². The molecule has 0 radical (unpaired) electrons. The van der Waals surface area contributed by atoms with Crippen LogP contribution in [0.1, 0.15) is 5.56 Å². The first-order valence-corrected chi connectivity index (χ1v) is 8.51. The highest BCUT2D eigenvalue weighted by molar-refractivity contribution is 6.30. The van der Waals surface area contributed by atoms with Crippen LogP contribution in [0, 0.1) is 10.1 Å². The molecule has 138 valence electrons. The molecule has 0 unspecified atom stereocenters. The number of halogens is 2. The Morgan fingerprint density at radius 3 is 2.19 bits per heavy atom. The lowest BCUT2D eigenvalue weighted by molar-refractivity contribution is -0.383. The van der Waals surface area contributed by atoms with Crippen LogP contribution in [0.15, 0.2) is 48.5 Å². The van der Waals surface area contributed by atoms with Gasteiger partial charge in [-0.1, -0.05) is 35.3 Å². The molecule has 3 aromatic rings. The molecule has 10 heteroatoms. The average molecular weight is 405 g/mol. The van der Waals surface area contributed by atoms with Gasteiger partial charge in [0.1, 0.15) is 0 Å². The molecule has 3 rings (SSSR count). The van der Waals surface area contributed by atoms with Gasteiger partial charge in [0.15, 0.2) is 0 Å².